The van der Waals surface area contributed by atoms with Gasteiger partial charge in [-0.1, -0.05) is 0 Å². The van der Waals surface area contributed by atoms with Gasteiger partial charge in [-0.3, -0.25) is 4.79 Å². The number of thioether (sulfide) groups is 1. The molecular formula is C13H23NO2S. The second kappa shape index (κ2) is 6.10. The largest absolute Gasteiger partial charge is 0.469 e. The van der Waals surface area contributed by atoms with Gasteiger partial charge in [-0.05, 0) is 56.2 Å². The Bertz CT molecular complexity index is 266. The minimum absolute atomic E-state index is 0.0151. The van der Waals surface area contributed by atoms with E-state index in [2.05, 4.69) is 11.9 Å². The third-order valence-electron chi connectivity index (χ3n) is 4.24. The summed E-state index contributed by atoms with van der Waals surface area (Å²) in [5, 5.41) is 0. The average Bonchev–Trinajstić information content (AvgIpc) is 2.39. The number of piperidine rings is 1. The zero-order valence-electron chi connectivity index (χ0n) is 10.9. The van der Waals surface area contributed by atoms with Gasteiger partial charge >= 0.3 is 5.97 Å². The molecule has 3 nitrogen and oxygen atoms in total. The minimum atomic E-state index is 0.0151. The van der Waals surface area contributed by atoms with E-state index in [1.807, 2.05) is 11.8 Å². The summed E-state index contributed by atoms with van der Waals surface area (Å²) in [6.45, 7) is 2.09. The van der Waals surface area contributed by atoms with Gasteiger partial charge in [0.25, 0.3) is 0 Å². The molecule has 98 valence electrons. The SMILES string of the molecule is COC(=O)C1CCN(C)CC1C1CCSCC1. The minimum Gasteiger partial charge on any atom is -0.469 e. The molecule has 17 heavy (non-hydrogen) atoms. The lowest BCUT2D eigenvalue weighted by atomic mass is 9.75. The van der Waals surface area contributed by atoms with E-state index in [1.165, 1.54) is 31.5 Å². The van der Waals surface area contributed by atoms with E-state index in [4.69, 9.17) is 4.74 Å². The maximum Gasteiger partial charge on any atom is 0.309 e. The van der Waals surface area contributed by atoms with E-state index in [0.29, 0.717) is 5.92 Å². The van der Waals surface area contributed by atoms with Crippen LogP contribution in [0.2, 0.25) is 0 Å². The number of carbonyl (C=O) groups is 1. The van der Waals surface area contributed by atoms with Gasteiger partial charge in [0.05, 0.1) is 13.0 Å². The van der Waals surface area contributed by atoms with Gasteiger partial charge in [-0.2, -0.15) is 11.8 Å². The summed E-state index contributed by atoms with van der Waals surface area (Å²) < 4.78 is 4.98. The summed E-state index contributed by atoms with van der Waals surface area (Å²) in [6.07, 6.45) is 3.52. The Morgan fingerprint density at radius 2 is 2.00 bits per heavy atom. The predicted molar refractivity (Wildman–Crippen MR) is 71.2 cm³/mol. The van der Waals surface area contributed by atoms with E-state index >= 15 is 0 Å². The van der Waals surface area contributed by atoms with Crippen LogP contribution in [0.1, 0.15) is 19.3 Å². The Morgan fingerprint density at radius 3 is 2.65 bits per heavy atom. The first-order valence-corrected chi connectivity index (χ1v) is 7.72. The molecule has 2 saturated heterocycles. The second-order valence-corrected chi connectivity index (χ2v) is 6.52. The van der Waals surface area contributed by atoms with Crippen molar-refractivity contribution < 1.29 is 9.53 Å². The van der Waals surface area contributed by atoms with Gasteiger partial charge in [-0.25, -0.2) is 0 Å². The number of esters is 1. The molecule has 0 aromatic heterocycles. The summed E-state index contributed by atoms with van der Waals surface area (Å²) in [5.41, 5.74) is 0. The van der Waals surface area contributed by atoms with Crippen molar-refractivity contribution in [1.29, 1.82) is 0 Å². The van der Waals surface area contributed by atoms with Crippen molar-refractivity contribution >= 4 is 17.7 Å². The molecule has 0 radical (unpaired) electrons. The van der Waals surface area contributed by atoms with E-state index in [1.54, 1.807) is 0 Å². The number of hydrogen-bond acceptors (Lipinski definition) is 4. The Morgan fingerprint density at radius 1 is 1.29 bits per heavy atom. The van der Waals surface area contributed by atoms with Crippen molar-refractivity contribution in [2.75, 3.05) is 38.8 Å². The molecule has 2 atom stereocenters. The van der Waals surface area contributed by atoms with Crippen molar-refractivity contribution in [2.24, 2.45) is 17.8 Å². The zero-order valence-corrected chi connectivity index (χ0v) is 11.7. The van der Waals surface area contributed by atoms with Gasteiger partial charge in [0, 0.05) is 6.54 Å². The molecule has 2 aliphatic heterocycles. The average molecular weight is 257 g/mol. The lowest BCUT2D eigenvalue weighted by molar-refractivity contribution is -0.150. The first-order valence-electron chi connectivity index (χ1n) is 6.56. The van der Waals surface area contributed by atoms with Gasteiger partial charge < -0.3 is 9.64 Å². The molecule has 0 N–H and O–H groups in total. The molecule has 2 aliphatic rings. The molecule has 0 aliphatic carbocycles. The van der Waals surface area contributed by atoms with Gasteiger partial charge in [0.15, 0.2) is 0 Å². The Balaban J connectivity index is 2.04. The molecule has 0 spiro atoms. The van der Waals surface area contributed by atoms with Gasteiger partial charge in [0.2, 0.25) is 0 Å². The Labute approximate surface area is 108 Å². The summed E-state index contributed by atoms with van der Waals surface area (Å²) in [5.74, 6) is 3.92. The summed E-state index contributed by atoms with van der Waals surface area (Å²) in [7, 11) is 3.69. The third kappa shape index (κ3) is 3.16. The summed E-state index contributed by atoms with van der Waals surface area (Å²) in [6, 6.07) is 0. The fourth-order valence-corrected chi connectivity index (χ4v) is 4.36. The number of methoxy groups -OCH3 is 1. The Kier molecular flexibility index (Phi) is 4.74. The highest BCUT2D eigenvalue weighted by Crippen LogP contribution is 2.37. The molecule has 0 aromatic carbocycles. The van der Waals surface area contributed by atoms with Crippen molar-refractivity contribution in [3.8, 4) is 0 Å². The van der Waals surface area contributed by atoms with Crippen molar-refractivity contribution in [1.82, 2.24) is 4.90 Å². The molecule has 0 saturated carbocycles. The monoisotopic (exact) mass is 257 g/mol. The van der Waals surface area contributed by atoms with E-state index < -0.39 is 0 Å². The van der Waals surface area contributed by atoms with Crippen LogP contribution in [0.15, 0.2) is 0 Å². The number of likely N-dealkylation sites (tertiary alicyclic amines) is 1. The summed E-state index contributed by atoms with van der Waals surface area (Å²) >= 11 is 2.05. The molecule has 0 amide bonds. The molecule has 2 unspecified atom stereocenters. The molecule has 0 aromatic rings. The molecule has 2 rings (SSSR count). The van der Waals surface area contributed by atoms with Crippen LogP contribution in [0.3, 0.4) is 0 Å². The van der Waals surface area contributed by atoms with Crippen LogP contribution in [-0.2, 0) is 9.53 Å². The maximum atomic E-state index is 11.9. The van der Waals surface area contributed by atoms with Crippen LogP contribution < -0.4 is 0 Å². The van der Waals surface area contributed by atoms with Crippen LogP contribution >= 0.6 is 11.8 Å². The second-order valence-electron chi connectivity index (χ2n) is 5.29. The van der Waals surface area contributed by atoms with E-state index in [-0.39, 0.29) is 11.9 Å². The van der Waals surface area contributed by atoms with Crippen LogP contribution in [0.5, 0.6) is 0 Å². The molecule has 0 bridgehead atoms. The highest BCUT2D eigenvalue weighted by molar-refractivity contribution is 7.99. The van der Waals surface area contributed by atoms with Crippen molar-refractivity contribution in [3.63, 3.8) is 0 Å². The fourth-order valence-electron chi connectivity index (χ4n) is 3.22. The number of carbonyl (C=O) groups excluding carboxylic acids is 1. The quantitative estimate of drug-likeness (QED) is 0.706. The van der Waals surface area contributed by atoms with Crippen molar-refractivity contribution in [2.45, 2.75) is 19.3 Å². The highest BCUT2D eigenvalue weighted by atomic mass is 32.2. The van der Waals surface area contributed by atoms with Crippen LogP contribution in [0, 0.1) is 17.8 Å². The topological polar surface area (TPSA) is 29.5 Å². The van der Waals surface area contributed by atoms with Gasteiger partial charge in [0.1, 0.15) is 0 Å². The lowest BCUT2D eigenvalue weighted by Crippen LogP contribution is -2.45. The fraction of sp³-hybridized carbons (Fsp3) is 0.923. The van der Waals surface area contributed by atoms with E-state index in [0.717, 1.165) is 25.4 Å². The van der Waals surface area contributed by atoms with Crippen molar-refractivity contribution in [3.05, 3.63) is 0 Å². The predicted octanol–water partition coefficient (Wildman–Crippen LogP) is 1.87. The number of ether oxygens (including phenoxy) is 1. The lowest BCUT2D eigenvalue weighted by Gasteiger charge is -2.41. The molecule has 2 fully saturated rings. The molecular weight excluding hydrogens is 234 g/mol. The smallest absolute Gasteiger partial charge is 0.309 e. The normalized spacial score (nSPS) is 32.4. The maximum absolute atomic E-state index is 11.9. The van der Waals surface area contributed by atoms with Crippen LogP contribution in [0.25, 0.3) is 0 Å². The first kappa shape index (κ1) is 13.2. The van der Waals surface area contributed by atoms with Crippen LogP contribution in [0.4, 0.5) is 0 Å². The third-order valence-corrected chi connectivity index (χ3v) is 5.29. The number of rotatable bonds is 2. The van der Waals surface area contributed by atoms with Gasteiger partial charge in [-0.15, -0.1) is 0 Å². The Hall–Kier alpha value is -0.220. The first-order chi connectivity index (χ1) is 8.22. The summed E-state index contributed by atoms with van der Waals surface area (Å²) in [4.78, 5) is 14.2. The highest BCUT2D eigenvalue weighted by Gasteiger charge is 2.38. The molecule has 4 heteroatoms. The van der Waals surface area contributed by atoms with Crippen LogP contribution in [-0.4, -0.2) is 49.6 Å². The van der Waals surface area contributed by atoms with E-state index in [9.17, 15) is 4.79 Å². The number of hydrogen-bond donors (Lipinski definition) is 0. The standard InChI is InChI=1S/C13H23NO2S/c1-14-6-3-11(13(15)16-2)12(9-14)10-4-7-17-8-5-10/h10-12H,3-9H2,1-2H3. The zero-order chi connectivity index (χ0) is 12.3. The molecule has 2 heterocycles. The number of nitrogens with zero attached hydrogens (tertiary/aromatic N) is 1.